The largest absolute Gasteiger partial charge is 0.493 e. The van der Waals surface area contributed by atoms with Crippen molar-refractivity contribution in [1.29, 1.82) is 0 Å². The first-order chi connectivity index (χ1) is 9.65. The highest BCUT2D eigenvalue weighted by atomic mass is 16.5. The van der Waals surface area contributed by atoms with Gasteiger partial charge >= 0.3 is 5.69 Å². The SMILES string of the molecule is COc1ccc(C(O)Cn2cccnc2=O)cc1OC. The number of methoxy groups -OCH3 is 2. The molecule has 0 aliphatic carbocycles. The zero-order valence-electron chi connectivity index (χ0n) is 11.3. The molecule has 6 heteroatoms. The minimum atomic E-state index is -0.836. The van der Waals surface area contributed by atoms with E-state index in [9.17, 15) is 9.90 Å². The zero-order chi connectivity index (χ0) is 14.5. The van der Waals surface area contributed by atoms with Crippen LogP contribution in [0.5, 0.6) is 11.5 Å². The fourth-order valence-corrected chi connectivity index (χ4v) is 1.88. The van der Waals surface area contributed by atoms with Crippen LogP contribution in [0.1, 0.15) is 11.7 Å². The molecule has 0 aliphatic rings. The Morgan fingerprint density at radius 2 is 2.05 bits per heavy atom. The molecule has 106 valence electrons. The van der Waals surface area contributed by atoms with Crippen molar-refractivity contribution in [2.75, 3.05) is 14.2 Å². The molecule has 0 bridgehead atoms. The molecule has 1 heterocycles. The van der Waals surface area contributed by atoms with E-state index in [2.05, 4.69) is 4.98 Å². The van der Waals surface area contributed by atoms with Gasteiger partial charge in [0, 0.05) is 12.4 Å². The van der Waals surface area contributed by atoms with E-state index in [0.29, 0.717) is 17.1 Å². The molecule has 1 unspecified atom stereocenters. The summed E-state index contributed by atoms with van der Waals surface area (Å²) in [5, 5.41) is 10.2. The van der Waals surface area contributed by atoms with E-state index in [0.717, 1.165) is 0 Å². The number of aromatic nitrogens is 2. The molecule has 1 atom stereocenters. The van der Waals surface area contributed by atoms with E-state index in [1.807, 2.05) is 0 Å². The van der Waals surface area contributed by atoms with Gasteiger partial charge in [-0.25, -0.2) is 9.78 Å². The van der Waals surface area contributed by atoms with Crippen molar-refractivity contribution in [1.82, 2.24) is 9.55 Å². The number of nitrogens with zero attached hydrogens (tertiary/aromatic N) is 2. The van der Waals surface area contributed by atoms with Gasteiger partial charge in [-0.3, -0.25) is 4.57 Å². The van der Waals surface area contributed by atoms with Crippen LogP contribution >= 0.6 is 0 Å². The van der Waals surface area contributed by atoms with E-state index in [1.54, 1.807) is 37.6 Å². The van der Waals surface area contributed by atoms with E-state index in [4.69, 9.17) is 9.47 Å². The standard InChI is InChI=1S/C14H16N2O4/c1-19-12-5-4-10(8-13(12)20-2)11(17)9-16-7-3-6-15-14(16)18/h3-8,11,17H,9H2,1-2H3. The maximum Gasteiger partial charge on any atom is 0.347 e. The molecule has 1 aromatic carbocycles. The third-order valence-corrected chi connectivity index (χ3v) is 2.94. The van der Waals surface area contributed by atoms with Gasteiger partial charge in [0.25, 0.3) is 0 Å². The minimum absolute atomic E-state index is 0.127. The second kappa shape index (κ2) is 6.21. The molecule has 6 nitrogen and oxygen atoms in total. The molecule has 0 amide bonds. The van der Waals surface area contributed by atoms with Gasteiger partial charge in [0.15, 0.2) is 11.5 Å². The maximum atomic E-state index is 11.5. The molecule has 0 fully saturated rings. The van der Waals surface area contributed by atoms with Crippen molar-refractivity contribution in [3.05, 3.63) is 52.7 Å². The van der Waals surface area contributed by atoms with Crippen LogP contribution in [-0.4, -0.2) is 28.9 Å². The normalized spacial score (nSPS) is 11.9. The Hall–Kier alpha value is -2.34. The van der Waals surface area contributed by atoms with Crippen molar-refractivity contribution in [3.63, 3.8) is 0 Å². The lowest BCUT2D eigenvalue weighted by Gasteiger charge is -2.15. The van der Waals surface area contributed by atoms with Crippen molar-refractivity contribution in [2.45, 2.75) is 12.6 Å². The van der Waals surface area contributed by atoms with Gasteiger partial charge in [-0.2, -0.15) is 0 Å². The van der Waals surface area contributed by atoms with Crippen LogP contribution in [-0.2, 0) is 6.54 Å². The first-order valence-corrected chi connectivity index (χ1v) is 6.07. The van der Waals surface area contributed by atoms with Crippen molar-refractivity contribution in [2.24, 2.45) is 0 Å². The van der Waals surface area contributed by atoms with Gasteiger partial charge in [-0.15, -0.1) is 0 Å². The summed E-state index contributed by atoms with van der Waals surface area (Å²) >= 11 is 0. The molecular weight excluding hydrogens is 260 g/mol. The van der Waals surface area contributed by atoms with Crippen LogP contribution in [0.2, 0.25) is 0 Å². The van der Waals surface area contributed by atoms with E-state index >= 15 is 0 Å². The molecule has 0 saturated carbocycles. The average Bonchev–Trinajstić information content (AvgIpc) is 2.48. The molecular formula is C14H16N2O4. The van der Waals surface area contributed by atoms with Crippen LogP contribution in [0.4, 0.5) is 0 Å². The number of ether oxygens (including phenoxy) is 2. The molecule has 2 aromatic rings. The van der Waals surface area contributed by atoms with E-state index < -0.39 is 11.8 Å². The summed E-state index contributed by atoms with van der Waals surface area (Å²) in [6.45, 7) is 0.127. The zero-order valence-corrected chi connectivity index (χ0v) is 11.3. The highest BCUT2D eigenvalue weighted by molar-refractivity contribution is 5.43. The summed E-state index contributed by atoms with van der Waals surface area (Å²) in [6, 6.07) is 6.77. The summed E-state index contributed by atoms with van der Waals surface area (Å²) in [5.41, 5.74) is 0.241. The number of hydrogen-bond donors (Lipinski definition) is 1. The fraction of sp³-hybridized carbons (Fsp3) is 0.286. The maximum absolute atomic E-state index is 11.5. The Balaban J connectivity index is 2.23. The second-order valence-corrected chi connectivity index (χ2v) is 4.18. The number of aliphatic hydroxyl groups is 1. The lowest BCUT2D eigenvalue weighted by atomic mass is 10.1. The summed E-state index contributed by atoms with van der Waals surface area (Å²) in [6.07, 6.45) is 2.16. The molecule has 0 aliphatic heterocycles. The van der Waals surface area contributed by atoms with E-state index in [1.165, 1.54) is 17.9 Å². The van der Waals surface area contributed by atoms with Crippen LogP contribution in [0.3, 0.4) is 0 Å². The lowest BCUT2D eigenvalue weighted by Crippen LogP contribution is -2.24. The third-order valence-electron chi connectivity index (χ3n) is 2.94. The summed E-state index contributed by atoms with van der Waals surface area (Å²) < 4.78 is 11.7. The van der Waals surface area contributed by atoms with Gasteiger partial charge in [0.05, 0.1) is 26.9 Å². The fourth-order valence-electron chi connectivity index (χ4n) is 1.88. The summed E-state index contributed by atoms with van der Waals surface area (Å²) in [5.74, 6) is 1.12. The van der Waals surface area contributed by atoms with Crippen LogP contribution in [0.15, 0.2) is 41.5 Å². The molecule has 0 radical (unpaired) electrons. The molecule has 2 rings (SSSR count). The first-order valence-electron chi connectivity index (χ1n) is 6.07. The Bertz CT molecular complexity index is 639. The minimum Gasteiger partial charge on any atom is -0.493 e. The molecule has 1 aromatic heterocycles. The number of rotatable bonds is 5. The average molecular weight is 276 g/mol. The van der Waals surface area contributed by atoms with Crippen LogP contribution in [0.25, 0.3) is 0 Å². The topological polar surface area (TPSA) is 73.6 Å². The summed E-state index contributed by atoms with van der Waals surface area (Å²) in [7, 11) is 3.07. The van der Waals surface area contributed by atoms with Gasteiger partial charge in [0.1, 0.15) is 0 Å². The second-order valence-electron chi connectivity index (χ2n) is 4.18. The van der Waals surface area contributed by atoms with Gasteiger partial charge in [0.2, 0.25) is 0 Å². The van der Waals surface area contributed by atoms with Crippen molar-refractivity contribution >= 4 is 0 Å². The Morgan fingerprint density at radius 1 is 1.30 bits per heavy atom. The van der Waals surface area contributed by atoms with Crippen molar-refractivity contribution in [3.8, 4) is 11.5 Å². The highest BCUT2D eigenvalue weighted by Crippen LogP contribution is 2.30. The number of benzene rings is 1. The first kappa shape index (κ1) is 14.1. The van der Waals surface area contributed by atoms with Crippen molar-refractivity contribution < 1.29 is 14.6 Å². The Kier molecular flexibility index (Phi) is 4.37. The van der Waals surface area contributed by atoms with E-state index in [-0.39, 0.29) is 6.54 Å². The van der Waals surface area contributed by atoms with Gasteiger partial charge < -0.3 is 14.6 Å². The van der Waals surface area contributed by atoms with Crippen LogP contribution < -0.4 is 15.2 Å². The highest BCUT2D eigenvalue weighted by Gasteiger charge is 2.13. The Morgan fingerprint density at radius 3 is 2.70 bits per heavy atom. The molecule has 1 N–H and O–H groups in total. The summed E-state index contributed by atoms with van der Waals surface area (Å²) in [4.78, 5) is 15.1. The predicted octanol–water partition coefficient (Wildman–Crippen LogP) is 0.994. The van der Waals surface area contributed by atoms with Crippen LogP contribution in [0, 0.1) is 0 Å². The number of aliphatic hydroxyl groups excluding tert-OH is 1. The Labute approximate surface area is 116 Å². The molecule has 0 saturated heterocycles. The number of hydrogen-bond acceptors (Lipinski definition) is 5. The van der Waals surface area contributed by atoms with Gasteiger partial charge in [-0.1, -0.05) is 6.07 Å². The smallest absolute Gasteiger partial charge is 0.347 e. The third kappa shape index (κ3) is 2.97. The quantitative estimate of drug-likeness (QED) is 0.881. The predicted molar refractivity (Wildman–Crippen MR) is 73.0 cm³/mol. The molecule has 20 heavy (non-hydrogen) atoms. The molecule has 0 spiro atoms. The van der Waals surface area contributed by atoms with Gasteiger partial charge in [-0.05, 0) is 23.8 Å². The lowest BCUT2D eigenvalue weighted by molar-refractivity contribution is 0.154. The monoisotopic (exact) mass is 276 g/mol.